The van der Waals surface area contributed by atoms with Gasteiger partial charge in [0.25, 0.3) is 0 Å². The molecule has 0 bridgehead atoms. The van der Waals surface area contributed by atoms with Crippen LogP contribution in [0.3, 0.4) is 0 Å². The second kappa shape index (κ2) is 8.35. The molecule has 0 amide bonds. The van der Waals surface area contributed by atoms with Crippen LogP contribution < -0.4 is 16.0 Å². The molecule has 5 heteroatoms. The van der Waals surface area contributed by atoms with Crippen LogP contribution in [-0.4, -0.2) is 16.4 Å². The Bertz CT molecular complexity index is 1170. The van der Waals surface area contributed by atoms with Gasteiger partial charge < -0.3 is 10.6 Å². The minimum atomic E-state index is 0.389. The Balaban J connectivity index is 1.46. The summed E-state index contributed by atoms with van der Waals surface area (Å²) in [6.07, 6.45) is 0. The fourth-order valence-corrected chi connectivity index (χ4v) is 3.11. The summed E-state index contributed by atoms with van der Waals surface area (Å²) in [4.78, 5) is 4.63. The first kappa shape index (κ1) is 18.4. The monoisotopic (exact) mass is 381 g/mol. The maximum Gasteiger partial charge on any atom is 0.232 e. The van der Waals surface area contributed by atoms with Gasteiger partial charge in [-0.1, -0.05) is 42.5 Å². The molecule has 0 aliphatic heterocycles. The lowest BCUT2D eigenvalue weighted by Crippen LogP contribution is -2.46. The standard InChI is InChI=1S/C24H20N4O/c25-23(18-7-2-1-3-8-18)24(28-26)19-11-14-21(15-12-19)29-16-20-13-10-17-6-4-5-9-22(17)27-20/h1-15,25H,16,26H2/p+1/b25-23?,28-24-. The van der Waals surface area contributed by atoms with Crippen LogP contribution in [0.15, 0.2) is 96.1 Å². The number of fused-ring (bicyclic) bond motifs is 1. The average Bonchev–Trinajstić information content (AvgIpc) is 2.79. The highest BCUT2D eigenvalue weighted by Crippen LogP contribution is 2.17. The number of rotatable bonds is 6. The Labute approximate surface area is 169 Å². The van der Waals surface area contributed by atoms with Gasteiger partial charge in [-0.3, -0.25) is 5.41 Å². The van der Waals surface area contributed by atoms with E-state index >= 15 is 0 Å². The number of nitrogens with two attached hydrogens (primary N) is 2. The molecule has 0 atom stereocenters. The molecule has 0 aliphatic rings. The molecule has 0 spiro atoms. The van der Waals surface area contributed by atoms with Crippen molar-refractivity contribution < 1.29 is 10.1 Å². The second-order valence-electron chi connectivity index (χ2n) is 6.57. The molecule has 3 aromatic carbocycles. The third-order valence-corrected chi connectivity index (χ3v) is 4.64. The summed E-state index contributed by atoms with van der Waals surface area (Å²) in [5.41, 5.74) is 4.60. The lowest BCUT2D eigenvalue weighted by atomic mass is 10.00. The Morgan fingerprint density at radius 2 is 1.55 bits per heavy atom. The predicted octanol–water partition coefficient (Wildman–Crippen LogP) is 2.73. The summed E-state index contributed by atoms with van der Waals surface area (Å²) in [7, 11) is 0. The van der Waals surface area contributed by atoms with E-state index in [-0.39, 0.29) is 0 Å². The van der Waals surface area contributed by atoms with E-state index in [4.69, 9.17) is 16.0 Å². The van der Waals surface area contributed by atoms with E-state index in [1.54, 1.807) is 0 Å². The molecule has 4 N–H and O–H groups in total. The number of para-hydroxylation sites is 1. The molecule has 0 saturated heterocycles. The fraction of sp³-hybridized carbons (Fsp3) is 0.0417. The van der Waals surface area contributed by atoms with Gasteiger partial charge in [0.05, 0.1) is 11.2 Å². The number of hydrogen-bond acceptors (Lipinski definition) is 4. The summed E-state index contributed by atoms with van der Waals surface area (Å²) < 4.78 is 5.88. The maximum atomic E-state index is 6.27. The van der Waals surface area contributed by atoms with Gasteiger partial charge in [0.1, 0.15) is 12.4 Å². The number of ether oxygens (including phenoxy) is 1. The lowest BCUT2D eigenvalue weighted by Gasteiger charge is -2.08. The zero-order valence-corrected chi connectivity index (χ0v) is 15.8. The van der Waals surface area contributed by atoms with E-state index in [1.807, 2.05) is 84.9 Å². The van der Waals surface area contributed by atoms with Gasteiger partial charge in [0.15, 0.2) is 5.71 Å². The second-order valence-corrected chi connectivity index (χ2v) is 6.57. The third-order valence-electron chi connectivity index (χ3n) is 4.64. The van der Waals surface area contributed by atoms with Crippen molar-refractivity contribution in [2.45, 2.75) is 6.61 Å². The molecule has 4 rings (SSSR count). The highest BCUT2D eigenvalue weighted by Gasteiger charge is 2.17. The average molecular weight is 381 g/mol. The quantitative estimate of drug-likeness (QED) is 0.306. The van der Waals surface area contributed by atoms with Crippen molar-refractivity contribution in [1.82, 2.24) is 4.98 Å². The smallest absolute Gasteiger partial charge is 0.232 e. The Morgan fingerprint density at radius 3 is 2.31 bits per heavy atom. The SMILES string of the molecule is N/N=C(\C(=[NH2+])c1ccccc1)c1ccc(OCc2ccc3ccccc3n2)cc1. The molecule has 1 heterocycles. The molecule has 0 aliphatic carbocycles. The highest BCUT2D eigenvalue weighted by atomic mass is 16.5. The minimum absolute atomic E-state index is 0.389. The predicted molar refractivity (Wildman–Crippen MR) is 116 cm³/mol. The van der Waals surface area contributed by atoms with E-state index in [0.717, 1.165) is 33.5 Å². The molecule has 0 radical (unpaired) electrons. The Kier molecular flexibility index (Phi) is 5.29. The normalized spacial score (nSPS) is 11.4. The summed E-state index contributed by atoms with van der Waals surface area (Å²) in [5.74, 6) is 6.34. The van der Waals surface area contributed by atoms with E-state index in [9.17, 15) is 0 Å². The summed E-state index contributed by atoms with van der Waals surface area (Å²) in [6.45, 7) is 0.389. The van der Waals surface area contributed by atoms with Crippen molar-refractivity contribution >= 4 is 22.3 Å². The summed E-state index contributed by atoms with van der Waals surface area (Å²) >= 11 is 0. The van der Waals surface area contributed by atoms with Gasteiger partial charge >= 0.3 is 0 Å². The number of benzene rings is 3. The molecule has 0 fully saturated rings. The minimum Gasteiger partial charge on any atom is -0.487 e. The van der Waals surface area contributed by atoms with Crippen molar-refractivity contribution in [2.75, 3.05) is 0 Å². The highest BCUT2D eigenvalue weighted by molar-refractivity contribution is 6.51. The van der Waals surface area contributed by atoms with Crippen molar-refractivity contribution in [3.05, 3.63) is 108 Å². The zero-order valence-electron chi connectivity index (χ0n) is 15.8. The van der Waals surface area contributed by atoms with Crippen molar-refractivity contribution in [3.8, 4) is 5.75 Å². The number of aromatic nitrogens is 1. The van der Waals surface area contributed by atoms with Crippen LogP contribution in [0.2, 0.25) is 0 Å². The first-order valence-corrected chi connectivity index (χ1v) is 9.28. The molecule has 29 heavy (non-hydrogen) atoms. The van der Waals surface area contributed by atoms with Crippen LogP contribution in [0.4, 0.5) is 0 Å². The molecule has 4 aromatic rings. The van der Waals surface area contributed by atoms with E-state index < -0.39 is 0 Å². The molecule has 142 valence electrons. The van der Waals surface area contributed by atoms with Crippen molar-refractivity contribution in [3.63, 3.8) is 0 Å². The van der Waals surface area contributed by atoms with E-state index in [2.05, 4.69) is 16.2 Å². The molecule has 0 unspecified atom stereocenters. The van der Waals surface area contributed by atoms with Gasteiger partial charge in [-0.05, 0) is 48.5 Å². The van der Waals surface area contributed by atoms with E-state index in [0.29, 0.717) is 18.0 Å². The topological polar surface area (TPSA) is 86.1 Å². The first-order chi connectivity index (χ1) is 14.2. The number of pyridine rings is 1. The van der Waals surface area contributed by atoms with Crippen LogP contribution in [0, 0.1) is 0 Å². The van der Waals surface area contributed by atoms with Gasteiger partial charge in [-0.2, -0.15) is 5.10 Å². The fourth-order valence-electron chi connectivity index (χ4n) is 3.11. The molecule has 1 aromatic heterocycles. The number of nitrogens with zero attached hydrogens (tertiary/aromatic N) is 2. The Morgan fingerprint density at radius 1 is 0.828 bits per heavy atom. The van der Waals surface area contributed by atoms with Crippen LogP contribution in [0.5, 0.6) is 5.75 Å². The van der Waals surface area contributed by atoms with Crippen LogP contribution in [-0.2, 0) is 6.61 Å². The van der Waals surface area contributed by atoms with Crippen LogP contribution >= 0.6 is 0 Å². The molecular weight excluding hydrogens is 360 g/mol. The number of hydrogen-bond donors (Lipinski definition) is 2. The Hall–Kier alpha value is -3.99. The third kappa shape index (κ3) is 4.14. The van der Waals surface area contributed by atoms with Gasteiger partial charge in [-0.15, -0.1) is 0 Å². The zero-order chi connectivity index (χ0) is 20.1. The van der Waals surface area contributed by atoms with E-state index in [1.165, 1.54) is 0 Å². The van der Waals surface area contributed by atoms with Gasteiger partial charge in [0.2, 0.25) is 5.71 Å². The van der Waals surface area contributed by atoms with Gasteiger partial charge in [0, 0.05) is 16.5 Å². The van der Waals surface area contributed by atoms with Gasteiger partial charge in [-0.25, -0.2) is 4.98 Å². The largest absolute Gasteiger partial charge is 0.487 e. The lowest BCUT2D eigenvalue weighted by molar-refractivity contribution is -0.109. The van der Waals surface area contributed by atoms with Crippen molar-refractivity contribution in [1.29, 1.82) is 0 Å². The first-order valence-electron chi connectivity index (χ1n) is 9.28. The number of hydrazone groups is 1. The van der Waals surface area contributed by atoms with Crippen molar-refractivity contribution in [2.24, 2.45) is 10.9 Å². The van der Waals surface area contributed by atoms with Crippen LogP contribution in [0.25, 0.3) is 10.9 Å². The molecule has 5 nitrogen and oxygen atoms in total. The van der Waals surface area contributed by atoms with Crippen LogP contribution in [0.1, 0.15) is 16.8 Å². The molecular formula is C24H21N4O+. The maximum absolute atomic E-state index is 6.27. The summed E-state index contributed by atoms with van der Waals surface area (Å²) in [5, 5.41) is 11.3. The molecule has 0 saturated carbocycles. The summed E-state index contributed by atoms with van der Waals surface area (Å²) in [6, 6.07) is 29.2.